The number of rotatable bonds is 7. The largest absolute Gasteiger partial charge is 0.310 e. The molecule has 276 valence electrons. The van der Waals surface area contributed by atoms with E-state index in [0.29, 0.717) is 0 Å². The van der Waals surface area contributed by atoms with E-state index in [1.807, 2.05) is 0 Å². The molecule has 0 aliphatic heterocycles. The van der Waals surface area contributed by atoms with Crippen LogP contribution in [0.5, 0.6) is 0 Å². The molecule has 0 aromatic heterocycles. The highest BCUT2D eigenvalue weighted by Crippen LogP contribution is 2.44. The fourth-order valence-electron chi connectivity index (χ4n) is 8.89. The number of anilines is 3. The number of benzene rings is 11. The highest BCUT2D eigenvalue weighted by molar-refractivity contribution is 6.27. The molecule has 0 aliphatic rings. The Kier molecular flexibility index (Phi) is 8.56. The maximum Gasteiger partial charge on any atom is 0.0540 e. The van der Waals surface area contributed by atoms with Crippen LogP contribution in [0.25, 0.3) is 87.6 Å². The van der Waals surface area contributed by atoms with Gasteiger partial charge in [0.05, 0.1) is 5.69 Å². The lowest BCUT2D eigenvalue weighted by molar-refractivity contribution is 1.28. The molecule has 0 bridgehead atoms. The van der Waals surface area contributed by atoms with Gasteiger partial charge in [0, 0.05) is 16.9 Å². The number of para-hydroxylation sites is 1. The van der Waals surface area contributed by atoms with Crippen molar-refractivity contribution < 1.29 is 0 Å². The minimum atomic E-state index is 1.09. The van der Waals surface area contributed by atoms with Gasteiger partial charge in [-0.1, -0.05) is 194 Å². The second kappa shape index (κ2) is 14.6. The standard InChI is InChI=1S/C58H39N/c1-3-12-40(13-4-1)42-30-34-51(35-31-42)59(52-36-32-43(33-37-52)49-18-11-17-48(38-49)41-14-5-2-6-15-41)56-21-10-9-19-53(56)50-29-24-45-23-26-47-28-27-46-25-22-44-16-7-8-20-54(44)57(46)58(47)55(45)39-50/h1-39H. The Bertz CT molecular complexity index is 3280. The molecule has 0 unspecified atom stereocenters. The summed E-state index contributed by atoms with van der Waals surface area (Å²) < 4.78 is 0. The molecule has 59 heavy (non-hydrogen) atoms. The first kappa shape index (κ1) is 34.5. The summed E-state index contributed by atoms with van der Waals surface area (Å²) in [7, 11) is 0. The number of hydrogen-bond acceptors (Lipinski definition) is 1. The van der Waals surface area contributed by atoms with Crippen LogP contribution in [0.1, 0.15) is 0 Å². The van der Waals surface area contributed by atoms with Gasteiger partial charge in [-0.3, -0.25) is 0 Å². The van der Waals surface area contributed by atoms with Crippen LogP contribution in [0.15, 0.2) is 237 Å². The van der Waals surface area contributed by atoms with Crippen LogP contribution in [0.4, 0.5) is 17.1 Å². The van der Waals surface area contributed by atoms with Gasteiger partial charge in [-0.2, -0.15) is 0 Å². The Labute approximate surface area is 344 Å². The van der Waals surface area contributed by atoms with Gasteiger partial charge >= 0.3 is 0 Å². The van der Waals surface area contributed by atoms with E-state index in [1.54, 1.807) is 0 Å². The van der Waals surface area contributed by atoms with Crippen LogP contribution in [-0.4, -0.2) is 0 Å². The zero-order valence-electron chi connectivity index (χ0n) is 32.5. The van der Waals surface area contributed by atoms with Crippen LogP contribution < -0.4 is 4.90 Å². The molecular weight excluding hydrogens is 711 g/mol. The van der Waals surface area contributed by atoms with Gasteiger partial charge in [-0.05, 0) is 124 Å². The van der Waals surface area contributed by atoms with Crippen molar-refractivity contribution in [3.8, 4) is 44.5 Å². The first-order chi connectivity index (χ1) is 29.2. The van der Waals surface area contributed by atoms with E-state index in [4.69, 9.17) is 0 Å². The molecule has 11 aromatic rings. The van der Waals surface area contributed by atoms with Crippen LogP contribution in [-0.2, 0) is 0 Å². The van der Waals surface area contributed by atoms with E-state index in [1.165, 1.54) is 87.6 Å². The van der Waals surface area contributed by atoms with Crippen molar-refractivity contribution in [2.45, 2.75) is 0 Å². The first-order valence-corrected chi connectivity index (χ1v) is 20.3. The Morgan fingerprint density at radius 2 is 0.661 bits per heavy atom. The quantitative estimate of drug-likeness (QED) is 0.147. The second-order valence-electron chi connectivity index (χ2n) is 15.3. The lowest BCUT2D eigenvalue weighted by Gasteiger charge is -2.28. The van der Waals surface area contributed by atoms with Gasteiger partial charge in [0.2, 0.25) is 0 Å². The minimum Gasteiger partial charge on any atom is -0.310 e. The molecule has 0 heterocycles. The predicted molar refractivity (Wildman–Crippen MR) is 253 cm³/mol. The zero-order valence-corrected chi connectivity index (χ0v) is 32.5. The van der Waals surface area contributed by atoms with Crippen LogP contribution in [0, 0.1) is 0 Å². The molecule has 0 amide bonds. The Morgan fingerprint density at radius 1 is 0.237 bits per heavy atom. The molecule has 1 heteroatoms. The highest BCUT2D eigenvalue weighted by Gasteiger charge is 2.19. The molecule has 11 rings (SSSR count). The summed E-state index contributed by atoms with van der Waals surface area (Å²) in [5.41, 5.74) is 12.9. The summed E-state index contributed by atoms with van der Waals surface area (Å²) >= 11 is 0. The second-order valence-corrected chi connectivity index (χ2v) is 15.3. The molecular formula is C58H39N. The molecule has 11 aromatic carbocycles. The summed E-state index contributed by atoms with van der Waals surface area (Å²) in [5.74, 6) is 0. The van der Waals surface area contributed by atoms with Crippen LogP contribution in [0.3, 0.4) is 0 Å². The highest BCUT2D eigenvalue weighted by atomic mass is 15.1. The van der Waals surface area contributed by atoms with Crippen molar-refractivity contribution in [3.63, 3.8) is 0 Å². The smallest absolute Gasteiger partial charge is 0.0540 e. The van der Waals surface area contributed by atoms with Gasteiger partial charge in [0.25, 0.3) is 0 Å². The third-order valence-electron chi connectivity index (χ3n) is 11.8. The lowest BCUT2D eigenvalue weighted by Crippen LogP contribution is -2.11. The molecule has 0 saturated heterocycles. The van der Waals surface area contributed by atoms with Crippen LogP contribution >= 0.6 is 0 Å². The van der Waals surface area contributed by atoms with Crippen molar-refractivity contribution in [2.75, 3.05) is 4.90 Å². The van der Waals surface area contributed by atoms with Crippen molar-refractivity contribution in [1.29, 1.82) is 0 Å². The number of hydrogen-bond donors (Lipinski definition) is 0. The SMILES string of the molecule is c1ccc(-c2ccc(N(c3ccc(-c4cccc(-c5ccccc5)c4)cc3)c3ccccc3-c3ccc4ccc5ccc6ccc7ccccc7c6c5c4c3)cc2)cc1. The van der Waals surface area contributed by atoms with E-state index >= 15 is 0 Å². The fraction of sp³-hybridized carbons (Fsp3) is 0. The summed E-state index contributed by atoms with van der Waals surface area (Å²) in [6.45, 7) is 0. The molecule has 0 saturated carbocycles. The molecule has 0 radical (unpaired) electrons. The molecule has 0 N–H and O–H groups in total. The zero-order chi connectivity index (χ0) is 39.1. The summed E-state index contributed by atoms with van der Waals surface area (Å²) in [5, 5.41) is 10.2. The maximum atomic E-state index is 2.41. The van der Waals surface area contributed by atoms with E-state index in [-0.39, 0.29) is 0 Å². The molecule has 0 spiro atoms. The summed E-state index contributed by atoms with van der Waals surface area (Å²) in [6.07, 6.45) is 0. The monoisotopic (exact) mass is 749 g/mol. The van der Waals surface area contributed by atoms with Crippen molar-refractivity contribution >= 4 is 60.2 Å². The van der Waals surface area contributed by atoms with E-state index < -0.39 is 0 Å². The number of nitrogens with zero attached hydrogens (tertiary/aromatic N) is 1. The third-order valence-corrected chi connectivity index (χ3v) is 11.8. The molecule has 1 nitrogen and oxygen atoms in total. The Hall–Kier alpha value is -7.74. The number of fused-ring (bicyclic) bond motifs is 7. The fourth-order valence-corrected chi connectivity index (χ4v) is 8.89. The van der Waals surface area contributed by atoms with Gasteiger partial charge in [0.15, 0.2) is 0 Å². The average Bonchev–Trinajstić information content (AvgIpc) is 3.32. The Balaban J connectivity index is 1.07. The summed E-state index contributed by atoms with van der Waals surface area (Å²) in [6, 6.07) is 86.2. The van der Waals surface area contributed by atoms with E-state index in [9.17, 15) is 0 Å². The third kappa shape index (κ3) is 6.30. The molecule has 0 atom stereocenters. The van der Waals surface area contributed by atoms with Gasteiger partial charge in [-0.15, -0.1) is 0 Å². The first-order valence-electron chi connectivity index (χ1n) is 20.3. The topological polar surface area (TPSA) is 3.24 Å². The molecule has 0 aliphatic carbocycles. The van der Waals surface area contributed by atoms with Crippen molar-refractivity contribution in [2.24, 2.45) is 0 Å². The summed E-state index contributed by atoms with van der Waals surface area (Å²) in [4.78, 5) is 2.41. The van der Waals surface area contributed by atoms with E-state index in [2.05, 4.69) is 241 Å². The Morgan fingerprint density at radius 3 is 1.31 bits per heavy atom. The molecule has 0 fully saturated rings. The van der Waals surface area contributed by atoms with Crippen molar-refractivity contribution in [3.05, 3.63) is 237 Å². The van der Waals surface area contributed by atoms with Gasteiger partial charge in [-0.25, -0.2) is 0 Å². The van der Waals surface area contributed by atoms with E-state index in [0.717, 1.165) is 17.1 Å². The lowest BCUT2D eigenvalue weighted by atomic mass is 9.91. The maximum absolute atomic E-state index is 2.41. The van der Waals surface area contributed by atoms with Gasteiger partial charge in [0.1, 0.15) is 0 Å². The minimum absolute atomic E-state index is 1.09. The van der Waals surface area contributed by atoms with Crippen molar-refractivity contribution in [1.82, 2.24) is 0 Å². The van der Waals surface area contributed by atoms with Gasteiger partial charge < -0.3 is 4.90 Å². The average molecular weight is 750 g/mol. The normalized spacial score (nSPS) is 11.4. The van der Waals surface area contributed by atoms with Crippen LogP contribution in [0.2, 0.25) is 0 Å². The predicted octanol–water partition coefficient (Wildman–Crippen LogP) is 16.4.